The van der Waals surface area contributed by atoms with E-state index in [1.54, 1.807) is 0 Å². The monoisotopic (exact) mass is 476 g/mol. The molecule has 34 heavy (non-hydrogen) atoms. The van der Waals surface area contributed by atoms with E-state index >= 15 is 0 Å². The second kappa shape index (κ2) is 9.06. The van der Waals surface area contributed by atoms with E-state index in [0.29, 0.717) is 19.6 Å². The molecule has 0 unspecified atom stereocenters. The highest BCUT2D eigenvalue weighted by atomic mass is 32.2. The van der Waals surface area contributed by atoms with Crippen molar-refractivity contribution in [2.45, 2.75) is 39.2 Å². The third kappa shape index (κ3) is 4.97. The molecule has 5 rings (SSSR count). The Bertz CT molecular complexity index is 1320. The second-order valence-electron chi connectivity index (χ2n) is 9.90. The SMILES string of the molecule is Cc1cc(NCCCS(C)(=O)=O)ncc1-c1cccc(COc2ccc3c(c2)C[C@H]2[C@H](C)[C@@H]32)c1. The highest BCUT2D eigenvalue weighted by Gasteiger charge is 2.52. The summed E-state index contributed by atoms with van der Waals surface area (Å²) in [6.07, 6.45) is 4.90. The lowest BCUT2D eigenvalue weighted by Crippen LogP contribution is -2.10. The lowest BCUT2D eigenvalue weighted by Gasteiger charge is -2.12. The van der Waals surface area contributed by atoms with E-state index in [0.717, 1.165) is 51.6 Å². The molecule has 1 saturated carbocycles. The maximum Gasteiger partial charge on any atom is 0.147 e. The van der Waals surface area contributed by atoms with Gasteiger partial charge in [0.25, 0.3) is 0 Å². The normalized spacial score (nSPS) is 20.5. The molecule has 0 bridgehead atoms. The van der Waals surface area contributed by atoms with Crippen LogP contribution in [0.2, 0.25) is 0 Å². The van der Waals surface area contributed by atoms with Crippen molar-refractivity contribution >= 4 is 15.7 Å². The summed E-state index contributed by atoms with van der Waals surface area (Å²) >= 11 is 0. The van der Waals surface area contributed by atoms with Gasteiger partial charge in [-0.25, -0.2) is 13.4 Å². The van der Waals surface area contributed by atoms with Gasteiger partial charge in [0.2, 0.25) is 0 Å². The van der Waals surface area contributed by atoms with E-state index in [1.165, 1.54) is 23.8 Å². The predicted molar refractivity (Wildman–Crippen MR) is 137 cm³/mol. The molecule has 3 atom stereocenters. The number of sulfone groups is 1. The third-order valence-electron chi connectivity index (χ3n) is 7.24. The molecule has 0 aliphatic heterocycles. The number of ether oxygens (including phenoxy) is 1. The zero-order valence-corrected chi connectivity index (χ0v) is 20.9. The van der Waals surface area contributed by atoms with Crippen molar-refractivity contribution in [3.63, 3.8) is 0 Å². The Labute approximate surface area is 202 Å². The average molecular weight is 477 g/mol. The summed E-state index contributed by atoms with van der Waals surface area (Å²) in [5.74, 6) is 4.38. The smallest absolute Gasteiger partial charge is 0.147 e. The second-order valence-corrected chi connectivity index (χ2v) is 12.2. The molecule has 0 radical (unpaired) electrons. The Morgan fingerprint density at radius 1 is 1.15 bits per heavy atom. The zero-order valence-electron chi connectivity index (χ0n) is 20.0. The fraction of sp³-hybridized carbons (Fsp3) is 0.393. The van der Waals surface area contributed by atoms with Crippen molar-refractivity contribution in [1.29, 1.82) is 0 Å². The molecule has 2 aliphatic rings. The molecule has 0 spiro atoms. The number of nitrogens with zero attached hydrogens (tertiary/aromatic N) is 1. The number of benzene rings is 2. The molecular weight excluding hydrogens is 444 g/mol. The Balaban J connectivity index is 1.21. The number of aromatic nitrogens is 1. The predicted octanol–water partition coefficient (Wildman–Crippen LogP) is 5.39. The number of hydrogen-bond donors (Lipinski definition) is 1. The van der Waals surface area contributed by atoms with Crippen LogP contribution in [0.4, 0.5) is 5.82 Å². The Morgan fingerprint density at radius 3 is 2.79 bits per heavy atom. The maximum absolute atomic E-state index is 11.3. The summed E-state index contributed by atoms with van der Waals surface area (Å²) in [6.45, 7) is 5.54. The minimum Gasteiger partial charge on any atom is -0.489 e. The first-order chi connectivity index (χ1) is 16.3. The van der Waals surface area contributed by atoms with Crippen LogP contribution in [-0.4, -0.2) is 32.0 Å². The quantitative estimate of drug-likeness (QED) is 0.420. The number of anilines is 1. The van der Waals surface area contributed by atoms with Crippen molar-refractivity contribution in [3.8, 4) is 16.9 Å². The van der Waals surface area contributed by atoms with Gasteiger partial charge in [-0.1, -0.05) is 31.2 Å². The van der Waals surface area contributed by atoms with Gasteiger partial charge < -0.3 is 10.1 Å². The van der Waals surface area contributed by atoms with Gasteiger partial charge in [-0.15, -0.1) is 0 Å². The fourth-order valence-corrected chi connectivity index (χ4v) is 5.97. The summed E-state index contributed by atoms with van der Waals surface area (Å²) in [7, 11) is -2.93. The molecule has 1 aromatic heterocycles. The van der Waals surface area contributed by atoms with Crippen LogP contribution in [0.3, 0.4) is 0 Å². The summed E-state index contributed by atoms with van der Waals surface area (Å²) < 4.78 is 28.7. The van der Waals surface area contributed by atoms with Crippen molar-refractivity contribution < 1.29 is 13.2 Å². The summed E-state index contributed by atoms with van der Waals surface area (Å²) in [5.41, 5.74) is 7.42. The number of hydrogen-bond acceptors (Lipinski definition) is 5. The lowest BCUT2D eigenvalue weighted by molar-refractivity contribution is 0.306. The van der Waals surface area contributed by atoms with Gasteiger partial charge in [-0.2, -0.15) is 0 Å². The number of fused-ring (bicyclic) bond motifs is 3. The van der Waals surface area contributed by atoms with Crippen molar-refractivity contribution in [3.05, 3.63) is 77.0 Å². The van der Waals surface area contributed by atoms with Crippen molar-refractivity contribution in [2.24, 2.45) is 11.8 Å². The standard InChI is InChI=1S/C28H32N2O3S/c1-18-12-27(29-10-5-11-34(3,31)32)30-16-26(18)21-7-4-6-20(13-21)17-33-23-8-9-24-22(14-23)15-25-19(2)28(24)25/h4,6-9,12-14,16,19,25,28H,5,10-11,15,17H2,1-3H3,(H,29,30)/t19-,25-,28-/m0/s1. The van der Waals surface area contributed by atoms with Gasteiger partial charge in [0.05, 0.1) is 5.75 Å². The molecular formula is C28H32N2O3S. The molecule has 1 heterocycles. The summed E-state index contributed by atoms with van der Waals surface area (Å²) in [5, 5.41) is 3.22. The third-order valence-corrected chi connectivity index (χ3v) is 8.27. The van der Waals surface area contributed by atoms with Crippen LogP contribution >= 0.6 is 0 Å². The molecule has 1 fully saturated rings. The Kier molecular flexibility index (Phi) is 6.11. The van der Waals surface area contributed by atoms with E-state index in [-0.39, 0.29) is 5.75 Å². The topological polar surface area (TPSA) is 68.3 Å². The van der Waals surface area contributed by atoms with Crippen LogP contribution in [0, 0.1) is 18.8 Å². The molecule has 0 amide bonds. The van der Waals surface area contributed by atoms with E-state index in [2.05, 4.69) is 66.6 Å². The van der Waals surface area contributed by atoms with Crippen LogP contribution in [0.15, 0.2) is 54.7 Å². The minimum atomic E-state index is -2.93. The van der Waals surface area contributed by atoms with Crippen molar-refractivity contribution in [2.75, 3.05) is 23.9 Å². The molecule has 0 saturated heterocycles. The molecule has 1 N–H and O–H groups in total. The lowest BCUT2D eigenvalue weighted by atomic mass is 10.0. The van der Waals surface area contributed by atoms with E-state index in [4.69, 9.17) is 4.74 Å². The summed E-state index contributed by atoms with van der Waals surface area (Å²) in [4.78, 5) is 4.53. The molecule has 178 valence electrons. The van der Waals surface area contributed by atoms with E-state index in [1.807, 2.05) is 12.3 Å². The number of pyridine rings is 1. The number of aryl methyl sites for hydroxylation is 1. The van der Waals surface area contributed by atoms with Gasteiger partial charge in [0, 0.05) is 24.6 Å². The van der Waals surface area contributed by atoms with Gasteiger partial charge in [0.15, 0.2) is 0 Å². The van der Waals surface area contributed by atoms with Crippen LogP contribution in [0.5, 0.6) is 5.75 Å². The van der Waals surface area contributed by atoms with Crippen LogP contribution < -0.4 is 10.1 Å². The Morgan fingerprint density at radius 2 is 2.00 bits per heavy atom. The fourth-order valence-electron chi connectivity index (χ4n) is 5.30. The summed E-state index contributed by atoms with van der Waals surface area (Å²) in [6, 6.07) is 17.0. The van der Waals surface area contributed by atoms with Gasteiger partial charge in [-0.05, 0) is 89.6 Å². The highest BCUT2D eigenvalue weighted by molar-refractivity contribution is 7.90. The molecule has 2 aliphatic carbocycles. The maximum atomic E-state index is 11.3. The van der Waals surface area contributed by atoms with Crippen molar-refractivity contribution in [1.82, 2.24) is 4.98 Å². The molecule has 5 nitrogen and oxygen atoms in total. The van der Waals surface area contributed by atoms with Crippen LogP contribution in [0.1, 0.15) is 41.5 Å². The Hall–Kier alpha value is -2.86. The van der Waals surface area contributed by atoms with E-state index in [9.17, 15) is 8.42 Å². The molecule has 3 aromatic rings. The first kappa shape index (κ1) is 22.9. The minimum absolute atomic E-state index is 0.178. The first-order valence-corrected chi connectivity index (χ1v) is 14.1. The average Bonchev–Trinajstić information content (AvgIpc) is 3.25. The first-order valence-electron chi connectivity index (χ1n) is 12.0. The largest absolute Gasteiger partial charge is 0.489 e. The van der Waals surface area contributed by atoms with Gasteiger partial charge >= 0.3 is 0 Å². The van der Waals surface area contributed by atoms with Gasteiger partial charge in [0.1, 0.15) is 28.0 Å². The highest BCUT2D eigenvalue weighted by Crippen LogP contribution is 2.61. The molecule has 2 aromatic carbocycles. The number of rotatable bonds is 9. The number of nitrogens with one attached hydrogen (secondary N) is 1. The van der Waals surface area contributed by atoms with Gasteiger partial charge in [-0.3, -0.25) is 0 Å². The van der Waals surface area contributed by atoms with Crippen LogP contribution in [0.25, 0.3) is 11.1 Å². The molecule has 6 heteroatoms. The van der Waals surface area contributed by atoms with Crippen LogP contribution in [-0.2, 0) is 22.9 Å². The zero-order chi connectivity index (χ0) is 23.9. The van der Waals surface area contributed by atoms with E-state index < -0.39 is 9.84 Å².